The smallest absolute Gasteiger partial charge is 0.240 e. The number of unbranched alkanes of at least 4 members (excludes halogenated alkanes) is 4. The number of benzene rings is 1. The van der Waals surface area contributed by atoms with Crippen LogP contribution in [0.15, 0.2) is 29.2 Å². The van der Waals surface area contributed by atoms with Gasteiger partial charge in [-0.3, -0.25) is 4.79 Å². The molecule has 1 aromatic rings. The number of nitrogens with two attached hydrogens (primary N) is 1. The highest BCUT2D eigenvalue weighted by molar-refractivity contribution is 7.89. The summed E-state index contributed by atoms with van der Waals surface area (Å²) in [6.45, 7) is 2.14. The fraction of sp³-hybridized carbons (Fsp3) is 0.500. The van der Waals surface area contributed by atoms with Crippen LogP contribution in [0, 0.1) is 0 Å². The quantitative estimate of drug-likeness (QED) is 0.723. The van der Waals surface area contributed by atoms with E-state index in [0.717, 1.165) is 25.7 Å². The van der Waals surface area contributed by atoms with E-state index in [9.17, 15) is 13.2 Å². The topological polar surface area (TPSA) is 89.3 Å². The summed E-state index contributed by atoms with van der Waals surface area (Å²) in [4.78, 5) is 11.7. The zero-order valence-corrected chi connectivity index (χ0v) is 12.6. The molecule has 0 aliphatic heterocycles. The van der Waals surface area contributed by atoms with Crippen LogP contribution < -0.4 is 10.5 Å². The van der Waals surface area contributed by atoms with Gasteiger partial charge in [0.15, 0.2) is 0 Å². The van der Waals surface area contributed by atoms with E-state index in [-0.39, 0.29) is 16.5 Å². The van der Waals surface area contributed by atoms with Crippen molar-refractivity contribution in [1.29, 1.82) is 0 Å². The minimum Gasteiger partial charge on any atom is -0.325 e. The molecule has 0 bridgehead atoms. The van der Waals surface area contributed by atoms with Gasteiger partial charge in [-0.25, -0.2) is 13.6 Å². The Kier molecular flexibility index (Phi) is 6.67. The van der Waals surface area contributed by atoms with Gasteiger partial charge in [0.1, 0.15) is 4.90 Å². The van der Waals surface area contributed by atoms with Gasteiger partial charge in [-0.1, -0.05) is 44.7 Å². The van der Waals surface area contributed by atoms with Crippen molar-refractivity contribution in [3.63, 3.8) is 0 Å². The average Bonchev–Trinajstić information content (AvgIpc) is 2.38. The molecule has 3 N–H and O–H groups in total. The third kappa shape index (κ3) is 5.71. The van der Waals surface area contributed by atoms with Crippen LogP contribution in [0.3, 0.4) is 0 Å². The van der Waals surface area contributed by atoms with Gasteiger partial charge in [-0.15, -0.1) is 0 Å². The maximum Gasteiger partial charge on any atom is 0.240 e. The summed E-state index contributed by atoms with van der Waals surface area (Å²) in [5, 5.41) is 7.72. The molecular formula is C14H22N2O3S. The van der Waals surface area contributed by atoms with E-state index < -0.39 is 10.0 Å². The van der Waals surface area contributed by atoms with Crippen molar-refractivity contribution in [2.24, 2.45) is 5.14 Å². The Morgan fingerprint density at radius 2 is 1.80 bits per heavy atom. The molecule has 20 heavy (non-hydrogen) atoms. The first-order valence-corrected chi connectivity index (χ1v) is 8.41. The fourth-order valence-corrected chi connectivity index (χ4v) is 2.61. The highest BCUT2D eigenvalue weighted by Gasteiger charge is 2.14. The number of primary sulfonamides is 1. The minimum atomic E-state index is -3.83. The highest BCUT2D eigenvalue weighted by atomic mass is 32.2. The van der Waals surface area contributed by atoms with Crippen molar-refractivity contribution in [1.82, 2.24) is 0 Å². The number of hydrogen-bond donors (Lipinski definition) is 2. The maximum absolute atomic E-state index is 11.8. The van der Waals surface area contributed by atoms with Crippen molar-refractivity contribution < 1.29 is 13.2 Å². The Bertz CT molecular complexity index is 541. The van der Waals surface area contributed by atoms with Gasteiger partial charge in [-0.05, 0) is 18.6 Å². The molecule has 1 aromatic carbocycles. The van der Waals surface area contributed by atoms with Crippen LogP contribution in [-0.4, -0.2) is 14.3 Å². The van der Waals surface area contributed by atoms with E-state index in [4.69, 9.17) is 5.14 Å². The molecule has 0 aliphatic rings. The number of anilines is 1. The van der Waals surface area contributed by atoms with E-state index in [1.54, 1.807) is 12.1 Å². The van der Waals surface area contributed by atoms with Crippen LogP contribution in [0.5, 0.6) is 0 Å². The molecule has 0 saturated heterocycles. The predicted octanol–water partition coefficient (Wildman–Crippen LogP) is 2.63. The highest BCUT2D eigenvalue weighted by Crippen LogP contribution is 2.19. The summed E-state index contributed by atoms with van der Waals surface area (Å²) in [5.41, 5.74) is 0.244. The van der Waals surface area contributed by atoms with Crippen molar-refractivity contribution in [3.05, 3.63) is 24.3 Å². The predicted molar refractivity (Wildman–Crippen MR) is 79.8 cm³/mol. The SMILES string of the molecule is CCCCCCCC(=O)Nc1ccccc1S(N)(=O)=O. The monoisotopic (exact) mass is 298 g/mol. The maximum atomic E-state index is 11.8. The number of para-hydroxylation sites is 1. The lowest BCUT2D eigenvalue weighted by Gasteiger charge is -2.09. The Balaban J connectivity index is 2.54. The van der Waals surface area contributed by atoms with E-state index in [1.165, 1.54) is 18.6 Å². The molecule has 0 heterocycles. The number of carbonyl (C=O) groups excluding carboxylic acids is 1. The van der Waals surface area contributed by atoms with Gasteiger partial charge < -0.3 is 5.32 Å². The Morgan fingerprint density at radius 3 is 2.45 bits per heavy atom. The summed E-state index contributed by atoms with van der Waals surface area (Å²) < 4.78 is 22.8. The summed E-state index contributed by atoms with van der Waals surface area (Å²) >= 11 is 0. The molecule has 5 nitrogen and oxygen atoms in total. The van der Waals surface area contributed by atoms with Gasteiger partial charge in [-0.2, -0.15) is 0 Å². The van der Waals surface area contributed by atoms with Crippen molar-refractivity contribution in [2.75, 3.05) is 5.32 Å². The van der Waals surface area contributed by atoms with E-state index in [2.05, 4.69) is 12.2 Å². The minimum absolute atomic E-state index is 0.0562. The van der Waals surface area contributed by atoms with Crippen molar-refractivity contribution in [3.8, 4) is 0 Å². The zero-order chi connectivity index (χ0) is 15.0. The first kappa shape index (κ1) is 16.7. The number of carbonyl (C=O) groups is 1. The number of nitrogens with one attached hydrogen (secondary N) is 1. The van der Waals surface area contributed by atoms with Crippen LogP contribution in [0.4, 0.5) is 5.69 Å². The van der Waals surface area contributed by atoms with Crippen molar-refractivity contribution in [2.45, 2.75) is 50.3 Å². The molecule has 0 aromatic heterocycles. The number of amides is 1. The molecule has 0 unspecified atom stereocenters. The molecule has 0 spiro atoms. The zero-order valence-electron chi connectivity index (χ0n) is 11.8. The molecule has 0 radical (unpaired) electrons. The Hall–Kier alpha value is -1.40. The van der Waals surface area contributed by atoms with Gasteiger partial charge in [0.05, 0.1) is 5.69 Å². The lowest BCUT2D eigenvalue weighted by atomic mass is 10.1. The largest absolute Gasteiger partial charge is 0.325 e. The average molecular weight is 298 g/mol. The Labute approximate surface area is 120 Å². The summed E-state index contributed by atoms with van der Waals surface area (Å²) in [6, 6.07) is 6.15. The van der Waals surface area contributed by atoms with Gasteiger partial charge in [0, 0.05) is 6.42 Å². The number of hydrogen-bond acceptors (Lipinski definition) is 3. The first-order valence-electron chi connectivity index (χ1n) is 6.87. The standard InChI is InChI=1S/C14H22N2O3S/c1-2-3-4-5-6-11-14(17)16-12-9-7-8-10-13(12)20(15,18)19/h7-10H,2-6,11H2,1H3,(H,16,17)(H2,15,18,19). The summed E-state index contributed by atoms with van der Waals surface area (Å²) in [5.74, 6) is -0.183. The van der Waals surface area contributed by atoms with E-state index in [0.29, 0.717) is 6.42 Å². The molecule has 1 rings (SSSR count). The first-order chi connectivity index (χ1) is 9.45. The van der Waals surface area contributed by atoms with Gasteiger partial charge >= 0.3 is 0 Å². The molecule has 6 heteroatoms. The fourth-order valence-electron chi connectivity index (χ4n) is 1.92. The number of rotatable bonds is 8. The van der Waals surface area contributed by atoms with Crippen LogP contribution in [0.25, 0.3) is 0 Å². The van der Waals surface area contributed by atoms with Crippen molar-refractivity contribution >= 4 is 21.6 Å². The van der Waals surface area contributed by atoms with Gasteiger partial charge in [0.25, 0.3) is 0 Å². The molecule has 1 amide bonds. The Morgan fingerprint density at radius 1 is 1.15 bits per heavy atom. The molecule has 0 atom stereocenters. The molecule has 112 valence electrons. The number of sulfonamides is 1. The molecule has 0 saturated carbocycles. The van der Waals surface area contributed by atoms with Gasteiger partial charge in [0.2, 0.25) is 15.9 Å². The lowest BCUT2D eigenvalue weighted by Crippen LogP contribution is -2.18. The van der Waals surface area contributed by atoms with Crippen LogP contribution in [-0.2, 0) is 14.8 Å². The van der Waals surface area contributed by atoms with Crippen LogP contribution >= 0.6 is 0 Å². The third-order valence-corrected chi connectivity index (χ3v) is 3.94. The molecule has 0 fully saturated rings. The molecular weight excluding hydrogens is 276 g/mol. The second-order valence-electron chi connectivity index (χ2n) is 4.75. The second kappa shape index (κ2) is 8.01. The van der Waals surface area contributed by atoms with E-state index >= 15 is 0 Å². The summed E-state index contributed by atoms with van der Waals surface area (Å²) in [6.07, 6.45) is 5.67. The normalized spacial score (nSPS) is 11.3. The third-order valence-electron chi connectivity index (χ3n) is 2.98. The lowest BCUT2D eigenvalue weighted by molar-refractivity contribution is -0.116. The summed E-state index contributed by atoms with van der Waals surface area (Å²) in [7, 11) is -3.83. The van der Waals surface area contributed by atoms with Crippen LogP contribution in [0.1, 0.15) is 45.4 Å². The van der Waals surface area contributed by atoms with Crippen LogP contribution in [0.2, 0.25) is 0 Å². The van der Waals surface area contributed by atoms with E-state index in [1.807, 2.05) is 0 Å². The molecule has 0 aliphatic carbocycles. The second-order valence-corrected chi connectivity index (χ2v) is 6.28.